The second-order valence-corrected chi connectivity index (χ2v) is 4.95. The summed E-state index contributed by atoms with van der Waals surface area (Å²) in [5, 5.41) is 0.622. The molecule has 0 bridgehead atoms. The van der Waals surface area contributed by atoms with Crippen LogP contribution in [-0.4, -0.2) is 0 Å². The van der Waals surface area contributed by atoms with E-state index in [1.54, 1.807) is 6.07 Å². The standard InChI is InChI=1S/C13H10BrClFNO/c14-9-5-13(12(17)6-11(9)16)18-7-8-3-1-2-4-10(8)15/h1-6H,7,17H2. The highest BCUT2D eigenvalue weighted by molar-refractivity contribution is 9.10. The summed E-state index contributed by atoms with van der Waals surface area (Å²) in [5.74, 6) is 0.000730. The Bertz CT molecular complexity index is 577. The van der Waals surface area contributed by atoms with Gasteiger partial charge in [-0.3, -0.25) is 0 Å². The van der Waals surface area contributed by atoms with Gasteiger partial charge in [0.1, 0.15) is 18.2 Å². The van der Waals surface area contributed by atoms with E-state index in [-0.39, 0.29) is 12.3 Å². The van der Waals surface area contributed by atoms with Gasteiger partial charge in [-0.1, -0.05) is 29.8 Å². The van der Waals surface area contributed by atoms with Gasteiger partial charge < -0.3 is 10.5 Å². The third kappa shape index (κ3) is 2.94. The van der Waals surface area contributed by atoms with E-state index in [0.717, 1.165) is 5.56 Å². The minimum atomic E-state index is -0.419. The summed E-state index contributed by atoms with van der Waals surface area (Å²) in [6.45, 7) is 0.280. The lowest BCUT2D eigenvalue weighted by Gasteiger charge is -2.10. The van der Waals surface area contributed by atoms with Crippen LogP contribution < -0.4 is 10.5 Å². The van der Waals surface area contributed by atoms with Gasteiger partial charge in [-0.05, 0) is 28.1 Å². The second-order valence-electron chi connectivity index (χ2n) is 3.68. The molecule has 0 saturated carbocycles. The van der Waals surface area contributed by atoms with E-state index in [2.05, 4.69) is 15.9 Å². The molecule has 18 heavy (non-hydrogen) atoms. The number of nitrogens with two attached hydrogens (primary N) is 1. The Kier molecular flexibility index (Phi) is 4.09. The number of anilines is 1. The maximum absolute atomic E-state index is 13.2. The van der Waals surface area contributed by atoms with Gasteiger partial charge in [-0.25, -0.2) is 4.39 Å². The van der Waals surface area contributed by atoms with Gasteiger partial charge in [0.05, 0.1) is 10.2 Å². The molecule has 0 atom stereocenters. The average molecular weight is 331 g/mol. The molecule has 0 amide bonds. The summed E-state index contributed by atoms with van der Waals surface area (Å²) < 4.78 is 19.0. The Labute approximate surface area is 118 Å². The third-order valence-corrected chi connectivity index (χ3v) is 3.37. The lowest BCUT2D eigenvalue weighted by molar-refractivity contribution is 0.307. The molecule has 0 aliphatic rings. The molecule has 0 aliphatic carbocycles. The van der Waals surface area contributed by atoms with Crippen molar-refractivity contribution in [2.24, 2.45) is 0 Å². The highest BCUT2D eigenvalue weighted by Crippen LogP contribution is 2.29. The zero-order valence-corrected chi connectivity index (χ0v) is 11.6. The molecule has 2 aromatic carbocycles. The fourth-order valence-electron chi connectivity index (χ4n) is 1.44. The van der Waals surface area contributed by atoms with Gasteiger partial charge in [0, 0.05) is 16.7 Å². The molecule has 2 rings (SSSR count). The summed E-state index contributed by atoms with van der Waals surface area (Å²) in [6, 6.07) is 10.1. The number of halogens is 3. The molecule has 0 spiro atoms. The van der Waals surface area contributed by atoms with Crippen molar-refractivity contribution >= 4 is 33.2 Å². The predicted octanol–water partition coefficient (Wildman–Crippen LogP) is 4.40. The van der Waals surface area contributed by atoms with Crippen molar-refractivity contribution in [3.8, 4) is 5.75 Å². The van der Waals surface area contributed by atoms with E-state index in [0.29, 0.717) is 15.2 Å². The Morgan fingerprint density at radius 1 is 1.28 bits per heavy atom. The first-order valence-corrected chi connectivity index (χ1v) is 6.35. The van der Waals surface area contributed by atoms with Crippen molar-refractivity contribution in [1.29, 1.82) is 0 Å². The van der Waals surface area contributed by atoms with Crippen LogP contribution in [0.1, 0.15) is 5.56 Å². The van der Waals surface area contributed by atoms with Crippen molar-refractivity contribution in [3.63, 3.8) is 0 Å². The van der Waals surface area contributed by atoms with Crippen molar-refractivity contribution in [2.75, 3.05) is 5.73 Å². The number of rotatable bonds is 3. The summed E-state index contributed by atoms with van der Waals surface area (Å²) in [7, 11) is 0. The molecule has 0 aromatic heterocycles. The molecule has 94 valence electrons. The SMILES string of the molecule is Nc1cc(F)c(Br)cc1OCc1ccccc1Cl. The predicted molar refractivity (Wildman–Crippen MR) is 74.3 cm³/mol. The molecule has 2 N–H and O–H groups in total. The summed E-state index contributed by atoms with van der Waals surface area (Å²) in [5.41, 5.74) is 6.77. The van der Waals surface area contributed by atoms with Gasteiger partial charge in [0.15, 0.2) is 0 Å². The van der Waals surface area contributed by atoms with Crippen LogP contribution in [0.4, 0.5) is 10.1 Å². The average Bonchev–Trinajstić information content (AvgIpc) is 2.34. The van der Waals surface area contributed by atoms with Crippen LogP contribution in [0.5, 0.6) is 5.75 Å². The Morgan fingerprint density at radius 3 is 2.72 bits per heavy atom. The molecule has 0 saturated heterocycles. The fourth-order valence-corrected chi connectivity index (χ4v) is 1.95. The van der Waals surface area contributed by atoms with E-state index in [1.165, 1.54) is 12.1 Å². The quantitative estimate of drug-likeness (QED) is 0.846. The molecule has 5 heteroatoms. The summed E-state index contributed by atoms with van der Waals surface area (Å²) in [4.78, 5) is 0. The first-order chi connectivity index (χ1) is 8.58. The number of hydrogen-bond acceptors (Lipinski definition) is 2. The molecular weight excluding hydrogens is 321 g/mol. The molecular formula is C13H10BrClFNO. The largest absolute Gasteiger partial charge is 0.487 e. The zero-order chi connectivity index (χ0) is 13.1. The van der Waals surface area contributed by atoms with Crippen molar-refractivity contribution < 1.29 is 9.13 Å². The third-order valence-electron chi connectivity index (χ3n) is 2.39. The highest BCUT2D eigenvalue weighted by Gasteiger charge is 2.08. The molecule has 2 nitrogen and oxygen atoms in total. The van der Waals surface area contributed by atoms with Gasteiger partial charge in [-0.15, -0.1) is 0 Å². The van der Waals surface area contributed by atoms with Gasteiger partial charge in [0.2, 0.25) is 0 Å². The van der Waals surface area contributed by atoms with E-state index in [4.69, 9.17) is 22.1 Å². The van der Waals surface area contributed by atoms with Crippen LogP contribution in [0.15, 0.2) is 40.9 Å². The number of nitrogen functional groups attached to an aromatic ring is 1. The molecule has 0 heterocycles. The van der Waals surface area contributed by atoms with Gasteiger partial charge >= 0.3 is 0 Å². The Morgan fingerprint density at radius 2 is 2.00 bits per heavy atom. The number of ether oxygens (including phenoxy) is 1. The van der Waals surface area contributed by atoms with E-state index in [1.807, 2.05) is 18.2 Å². The van der Waals surface area contributed by atoms with Crippen LogP contribution in [-0.2, 0) is 6.61 Å². The Balaban J connectivity index is 2.16. The van der Waals surface area contributed by atoms with Crippen molar-refractivity contribution in [3.05, 3.63) is 57.3 Å². The highest BCUT2D eigenvalue weighted by atomic mass is 79.9. The lowest BCUT2D eigenvalue weighted by Crippen LogP contribution is -2.00. The summed E-state index contributed by atoms with van der Waals surface area (Å²) >= 11 is 9.09. The smallest absolute Gasteiger partial charge is 0.144 e. The van der Waals surface area contributed by atoms with E-state index >= 15 is 0 Å². The van der Waals surface area contributed by atoms with Gasteiger partial charge in [-0.2, -0.15) is 0 Å². The molecule has 0 unspecified atom stereocenters. The number of benzene rings is 2. The van der Waals surface area contributed by atoms with E-state index in [9.17, 15) is 4.39 Å². The topological polar surface area (TPSA) is 35.2 Å². The van der Waals surface area contributed by atoms with Crippen molar-refractivity contribution in [1.82, 2.24) is 0 Å². The first kappa shape index (κ1) is 13.2. The summed E-state index contributed by atoms with van der Waals surface area (Å²) in [6.07, 6.45) is 0. The van der Waals surface area contributed by atoms with Crippen LogP contribution in [0.3, 0.4) is 0 Å². The fraction of sp³-hybridized carbons (Fsp3) is 0.0769. The van der Waals surface area contributed by atoms with Crippen LogP contribution >= 0.6 is 27.5 Å². The lowest BCUT2D eigenvalue weighted by atomic mass is 10.2. The molecule has 2 aromatic rings. The minimum absolute atomic E-state index is 0.253. The zero-order valence-electron chi connectivity index (χ0n) is 9.29. The first-order valence-electron chi connectivity index (χ1n) is 5.18. The van der Waals surface area contributed by atoms with Crippen LogP contribution in [0.2, 0.25) is 5.02 Å². The maximum atomic E-state index is 13.2. The number of hydrogen-bond donors (Lipinski definition) is 1. The Hall–Kier alpha value is -1.26. The molecule has 0 aliphatic heterocycles. The monoisotopic (exact) mass is 329 g/mol. The van der Waals surface area contributed by atoms with Gasteiger partial charge in [0.25, 0.3) is 0 Å². The van der Waals surface area contributed by atoms with Crippen LogP contribution in [0, 0.1) is 5.82 Å². The maximum Gasteiger partial charge on any atom is 0.144 e. The van der Waals surface area contributed by atoms with E-state index < -0.39 is 5.82 Å². The molecule has 0 radical (unpaired) electrons. The molecule has 0 fully saturated rings. The van der Waals surface area contributed by atoms with Crippen LogP contribution in [0.25, 0.3) is 0 Å². The normalized spacial score (nSPS) is 10.4. The minimum Gasteiger partial charge on any atom is -0.487 e. The van der Waals surface area contributed by atoms with Crippen molar-refractivity contribution in [2.45, 2.75) is 6.61 Å². The second kappa shape index (κ2) is 5.59.